The maximum absolute atomic E-state index is 12.0. The van der Waals surface area contributed by atoms with Crippen LogP contribution in [0.1, 0.15) is 11.1 Å². The number of ketones is 1. The fourth-order valence-electron chi connectivity index (χ4n) is 2.88. The lowest BCUT2D eigenvalue weighted by Gasteiger charge is -1.99. The number of ether oxygens (including phenoxy) is 4. The van der Waals surface area contributed by atoms with Crippen molar-refractivity contribution in [3.8, 4) is 23.0 Å². The van der Waals surface area contributed by atoms with Gasteiger partial charge in [0.25, 0.3) is 0 Å². The molecule has 0 aliphatic carbocycles. The third kappa shape index (κ3) is 4.79. The molecule has 0 spiro atoms. The van der Waals surface area contributed by atoms with Crippen molar-refractivity contribution in [3.05, 3.63) is 84.0 Å². The molecule has 0 aromatic heterocycles. The first-order chi connectivity index (χ1) is 14.7. The lowest BCUT2D eigenvalue weighted by Crippen LogP contribution is -2.14. The maximum atomic E-state index is 12.0. The summed E-state index contributed by atoms with van der Waals surface area (Å²) in [4.78, 5) is 12.0. The zero-order valence-corrected chi connectivity index (χ0v) is 16.1. The molecule has 0 saturated heterocycles. The first-order valence-electron chi connectivity index (χ1n) is 9.40. The summed E-state index contributed by atoms with van der Waals surface area (Å²) in [6.07, 6.45) is 11.9. The maximum Gasteiger partial charge on any atom is 0.231 e. The molecule has 2 aromatic rings. The van der Waals surface area contributed by atoms with Crippen LogP contribution >= 0.6 is 0 Å². The number of aliphatic hydroxyl groups is 1. The summed E-state index contributed by atoms with van der Waals surface area (Å²) in [6.45, 7) is 0.463. The summed E-state index contributed by atoms with van der Waals surface area (Å²) in [5.74, 6) is 2.45. The van der Waals surface area contributed by atoms with Crippen molar-refractivity contribution < 1.29 is 28.8 Å². The average Bonchev–Trinajstić information content (AvgIpc) is 3.42. The summed E-state index contributed by atoms with van der Waals surface area (Å²) in [6, 6.07) is 11.2. The predicted molar refractivity (Wildman–Crippen MR) is 112 cm³/mol. The molecule has 2 aliphatic heterocycles. The molecule has 0 fully saturated rings. The average molecular weight is 404 g/mol. The zero-order valence-electron chi connectivity index (χ0n) is 16.1. The van der Waals surface area contributed by atoms with Gasteiger partial charge in [-0.05, 0) is 47.5 Å². The molecule has 6 heteroatoms. The Balaban J connectivity index is 1.27. The van der Waals surface area contributed by atoms with E-state index < -0.39 is 11.9 Å². The monoisotopic (exact) mass is 404 g/mol. The Hall–Kier alpha value is -3.77. The van der Waals surface area contributed by atoms with Gasteiger partial charge in [0.2, 0.25) is 13.6 Å². The zero-order chi connectivity index (χ0) is 20.8. The highest BCUT2D eigenvalue weighted by Crippen LogP contribution is 2.33. The van der Waals surface area contributed by atoms with Crippen molar-refractivity contribution in [1.82, 2.24) is 0 Å². The molecular weight excluding hydrogens is 384 g/mol. The van der Waals surface area contributed by atoms with Crippen LogP contribution in [-0.4, -0.2) is 30.6 Å². The van der Waals surface area contributed by atoms with Gasteiger partial charge in [-0.25, -0.2) is 0 Å². The minimum absolute atomic E-state index is 0.230. The van der Waals surface area contributed by atoms with Crippen molar-refractivity contribution in [2.75, 3.05) is 13.6 Å². The van der Waals surface area contributed by atoms with E-state index in [1.54, 1.807) is 24.3 Å². The Morgan fingerprint density at radius 2 is 1.30 bits per heavy atom. The smallest absolute Gasteiger partial charge is 0.231 e. The summed E-state index contributed by atoms with van der Waals surface area (Å²) < 4.78 is 21.2. The number of hydrogen-bond donors (Lipinski definition) is 1. The summed E-state index contributed by atoms with van der Waals surface area (Å²) in [7, 11) is 0. The standard InChI is InChI=1S/C24H20O6/c25-19(7-3-1-5-17-9-11-21-23(13-17)29-15-27-21)20(26)8-4-2-6-18-10-12-22-24(14-18)30-16-28-22/h1-14,19,25H,15-16H2/b5-1+,6-2+,7-3+,8-4+/t19-/m1/s1. The number of allylic oxidation sites excluding steroid dienone is 4. The normalized spacial score (nSPS) is 15.8. The SMILES string of the molecule is O=C(/C=C/C=C/c1ccc2c(c1)OCO2)[C@H](O)/C=C/C=C/c1ccc2c(c1)OCO2. The van der Waals surface area contributed by atoms with E-state index in [2.05, 4.69) is 0 Å². The fraction of sp³-hybridized carbons (Fsp3) is 0.125. The molecule has 2 aliphatic rings. The number of aliphatic hydroxyl groups excluding tert-OH is 1. The van der Waals surface area contributed by atoms with Gasteiger partial charge in [0.1, 0.15) is 6.10 Å². The van der Waals surface area contributed by atoms with Gasteiger partial charge in [0.05, 0.1) is 0 Å². The van der Waals surface area contributed by atoms with Crippen molar-refractivity contribution >= 4 is 17.9 Å². The minimum Gasteiger partial charge on any atom is -0.454 e. The number of rotatable bonds is 7. The number of fused-ring (bicyclic) bond motifs is 2. The second kappa shape index (κ2) is 9.15. The fourth-order valence-corrected chi connectivity index (χ4v) is 2.88. The first kappa shape index (κ1) is 19.5. The van der Waals surface area contributed by atoms with Crippen LogP contribution in [-0.2, 0) is 4.79 Å². The summed E-state index contributed by atoms with van der Waals surface area (Å²) >= 11 is 0. The van der Waals surface area contributed by atoms with Gasteiger partial charge in [0, 0.05) is 0 Å². The van der Waals surface area contributed by atoms with Crippen molar-refractivity contribution in [1.29, 1.82) is 0 Å². The minimum atomic E-state index is -1.21. The van der Waals surface area contributed by atoms with Gasteiger partial charge in [-0.3, -0.25) is 4.79 Å². The van der Waals surface area contributed by atoms with Crippen LogP contribution in [0.15, 0.2) is 72.9 Å². The van der Waals surface area contributed by atoms with Crippen molar-refractivity contribution in [2.45, 2.75) is 6.10 Å². The van der Waals surface area contributed by atoms with Gasteiger partial charge in [0.15, 0.2) is 28.8 Å². The third-order valence-corrected chi connectivity index (χ3v) is 4.44. The Morgan fingerprint density at radius 1 is 0.767 bits per heavy atom. The first-order valence-corrected chi connectivity index (χ1v) is 9.40. The highest BCUT2D eigenvalue weighted by atomic mass is 16.7. The van der Waals surface area contributed by atoms with E-state index in [9.17, 15) is 9.90 Å². The van der Waals surface area contributed by atoms with Crippen LogP contribution in [0, 0.1) is 0 Å². The topological polar surface area (TPSA) is 74.2 Å². The molecule has 30 heavy (non-hydrogen) atoms. The van der Waals surface area contributed by atoms with Crippen LogP contribution in [0.25, 0.3) is 12.2 Å². The molecule has 0 unspecified atom stereocenters. The van der Waals surface area contributed by atoms with Gasteiger partial charge >= 0.3 is 0 Å². The van der Waals surface area contributed by atoms with Crippen LogP contribution in [0.4, 0.5) is 0 Å². The summed E-state index contributed by atoms with van der Waals surface area (Å²) in [5.41, 5.74) is 1.85. The predicted octanol–water partition coefficient (Wildman–Crippen LogP) is 3.91. The second-order valence-corrected chi connectivity index (χ2v) is 6.53. The Labute approximate surface area is 174 Å². The molecule has 6 nitrogen and oxygen atoms in total. The number of carbonyl (C=O) groups excluding carboxylic acids is 1. The van der Waals surface area contributed by atoms with Crippen molar-refractivity contribution in [2.24, 2.45) is 0 Å². The van der Waals surface area contributed by atoms with E-state index in [0.29, 0.717) is 11.5 Å². The van der Waals surface area contributed by atoms with Crippen LogP contribution in [0.5, 0.6) is 23.0 Å². The largest absolute Gasteiger partial charge is 0.454 e. The van der Waals surface area contributed by atoms with E-state index >= 15 is 0 Å². The van der Waals surface area contributed by atoms with E-state index in [0.717, 1.165) is 22.6 Å². The van der Waals surface area contributed by atoms with Gasteiger partial charge in [-0.1, -0.05) is 48.6 Å². The number of benzene rings is 2. The molecule has 2 aromatic carbocycles. The van der Waals surface area contributed by atoms with Gasteiger partial charge in [-0.2, -0.15) is 0 Å². The molecule has 0 radical (unpaired) electrons. The van der Waals surface area contributed by atoms with Crippen LogP contribution in [0.3, 0.4) is 0 Å². The van der Waals surface area contributed by atoms with E-state index in [1.807, 2.05) is 48.6 Å². The van der Waals surface area contributed by atoms with Crippen molar-refractivity contribution in [3.63, 3.8) is 0 Å². The molecule has 1 atom stereocenters. The quantitative estimate of drug-likeness (QED) is 0.557. The molecule has 1 N–H and O–H groups in total. The molecule has 4 rings (SSSR count). The van der Waals surface area contributed by atoms with E-state index in [1.165, 1.54) is 12.2 Å². The molecule has 0 saturated carbocycles. The molecule has 152 valence electrons. The van der Waals surface area contributed by atoms with E-state index in [-0.39, 0.29) is 13.6 Å². The molecule has 0 bridgehead atoms. The third-order valence-electron chi connectivity index (χ3n) is 4.44. The van der Waals surface area contributed by atoms with Crippen LogP contribution in [0.2, 0.25) is 0 Å². The molecular formula is C24H20O6. The summed E-state index contributed by atoms with van der Waals surface area (Å²) in [5, 5.41) is 9.95. The molecule has 2 heterocycles. The Morgan fingerprint density at radius 3 is 1.90 bits per heavy atom. The highest BCUT2D eigenvalue weighted by Gasteiger charge is 2.13. The Kier molecular flexibility index (Phi) is 5.96. The number of hydrogen-bond acceptors (Lipinski definition) is 6. The second-order valence-electron chi connectivity index (χ2n) is 6.53. The highest BCUT2D eigenvalue weighted by molar-refractivity contribution is 5.95. The lowest BCUT2D eigenvalue weighted by molar-refractivity contribution is -0.120. The van der Waals surface area contributed by atoms with Gasteiger partial charge < -0.3 is 24.1 Å². The Bertz CT molecular complexity index is 1050. The van der Waals surface area contributed by atoms with E-state index in [4.69, 9.17) is 18.9 Å². The molecule has 0 amide bonds. The number of carbonyl (C=O) groups is 1. The van der Waals surface area contributed by atoms with Crippen LogP contribution < -0.4 is 18.9 Å². The lowest BCUT2D eigenvalue weighted by atomic mass is 10.1. The van der Waals surface area contributed by atoms with Gasteiger partial charge in [-0.15, -0.1) is 0 Å².